The van der Waals surface area contributed by atoms with E-state index in [-0.39, 0.29) is 5.91 Å². The minimum absolute atomic E-state index is 0.158. The van der Waals surface area contributed by atoms with Crippen molar-refractivity contribution in [2.45, 2.75) is 32.6 Å². The molecule has 0 fully saturated rings. The third-order valence-corrected chi connectivity index (χ3v) is 4.11. The van der Waals surface area contributed by atoms with Gasteiger partial charge in [-0.1, -0.05) is 32.0 Å². The van der Waals surface area contributed by atoms with Crippen molar-refractivity contribution < 1.29 is 4.79 Å². The normalized spacial score (nSPS) is 16.6. The maximum atomic E-state index is 12.1. The van der Waals surface area contributed by atoms with Crippen molar-refractivity contribution in [2.75, 3.05) is 38.0 Å². The number of amides is 1. The van der Waals surface area contributed by atoms with Crippen LogP contribution in [0.4, 0.5) is 5.69 Å². The zero-order valence-electron chi connectivity index (χ0n) is 13.2. The van der Waals surface area contributed by atoms with Crippen molar-refractivity contribution in [2.24, 2.45) is 0 Å². The molecule has 0 aromatic heterocycles. The molecule has 4 heteroatoms. The Kier molecular flexibility index (Phi) is 6.05. The smallest absolute Gasteiger partial charge is 0.220 e. The molecule has 2 rings (SSSR count). The minimum Gasteiger partial charge on any atom is -0.384 e. The van der Waals surface area contributed by atoms with Crippen molar-refractivity contribution in [1.29, 1.82) is 0 Å². The van der Waals surface area contributed by atoms with E-state index in [0.29, 0.717) is 12.3 Å². The first-order chi connectivity index (χ1) is 10.2. The highest BCUT2D eigenvalue weighted by Crippen LogP contribution is 2.32. The fraction of sp³-hybridized carbons (Fsp3) is 0.588. The fourth-order valence-corrected chi connectivity index (χ4v) is 2.93. The molecule has 0 saturated heterocycles. The van der Waals surface area contributed by atoms with Crippen LogP contribution in [0.25, 0.3) is 0 Å². The van der Waals surface area contributed by atoms with E-state index in [1.807, 2.05) is 12.1 Å². The number of benzene rings is 1. The number of likely N-dealkylation sites (N-methyl/N-ethyl adjacent to an activating group) is 1. The van der Waals surface area contributed by atoms with Gasteiger partial charge in [0.25, 0.3) is 0 Å². The summed E-state index contributed by atoms with van der Waals surface area (Å²) in [6.07, 6.45) is 1.73. The van der Waals surface area contributed by atoms with E-state index in [1.165, 1.54) is 11.3 Å². The van der Waals surface area contributed by atoms with Crippen LogP contribution in [0.5, 0.6) is 0 Å². The lowest BCUT2D eigenvalue weighted by Gasteiger charge is -2.19. The molecule has 1 aromatic rings. The second-order valence-electron chi connectivity index (χ2n) is 5.65. The van der Waals surface area contributed by atoms with E-state index in [1.54, 1.807) is 0 Å². The first-order valence-electron chi connectivity index (χ1n) is 8.06. The summed E-state index contributed by atoms with van der Waals surface area (Å²) in [6, 6.07) is 8.27. The average Bonchev–Trinajstić information content (AvgIpc) is 2.89. The Labute approximate surface area is 127 Å². The summed E-state index contributed by atoms with van der Waals surface area (Å²) in [5.74, 6) is 0.463. The Balaban J connectivity index is 1.73. The lowest BCUT2D eigenvalue weighted by atomic mass is 9.97. The largest absolute Gasteiger partial charge is 0.384 e. The van der Waals surface area contributed by atoms with Gasteiger partial charge in [0, 0.05) is 37.7 Å². The lowest BCUT2D eigenvalue weighted by molar-refractivity contribution is -0.121. The molecule has 116 valence electrons. The Hall–Kier alpha value is -1.55. The van der Waals surface area contributed by atoms with Gasteiger partial charge in [-0.2, -0.15) is 0 Å². The molecular weight excluding hydrogens is 262 g/mol. The van der Waals surface area contributed by atoms with Crippen LogP contribution in [0.2, 0.25) is 0 Å². The quantitative estimate of drug-likeness (QED) is 0.772. The zero-order valence-corrected chi connectivity index (χ0v) is 13.2. The van der Waals surface area contributed by atoms with Gasteiger partial charge >= 0.3 is 0 Å². The molecule has 2 N–H and O–H groups in total. The van der Waals surface area contributed by atoms with Crippen LogP contribution >= 0.6 is 0 Å². The van der Waals surface area contributed by atoms with Gasteiger partial charge in [0.1, 0.15) is 0 Å². The van der Waals surface area contributed by atoms with Crippen LogP contribution in [-0.2, 0) is 4.79 Å². The molecule has 0 saturated carbocycles. The maximum absolute atomic E-state index is 12.1. The SMILES string of the molecule is CCCN(CC)CCNC(=O)CC1CNc2ccccc21. The monoisotopic (exact) mass is 289 g/mol. The number of rotatable bonds is 8. The third-order valence-electron chi connectivity index (χ3n) is 4.11. The first-order valence-corrected chi connectivity index (χ1v) is 8.06. The van der Waals surface area contributed by atoms with E-state index in [0.717, 1.165) is 39.1 Å². The van der Waals surface area contributed by atoms with Gasteiger partial charge in [0.05, 0.1) is 0 Å². The second kappa shape index (κ2) is 8.03. The Morgan fingerprint density at radius 2 is 2.14 bits per heavy atom. The molecule has 0 aliphatic carbocycles. The summed E-state index contributed by atoms with van der Waals surface area (Å²) in [5, 5.41) is 6.42. The van der Waals surface area contributed by atoms with Crippen molar-refractivity contribution in [1.82, 2.24) is 10.2 Å². The van der Waals surface area contributed by atoms with Gasteiger partial charge in [-0.3, -0.25) is 4.79 Å². The number of nitrogens with zero attached hydrogens (tertiary/aromatic N) is 1. The minimum atomic E-state index is 0.158. The van der Waals surface area contributed by atoms with Crippen LogP contribution in [0.3, 0.4) is 0 Å². The van der Waals surface area contributed by atoms with Gasteiger partial charge in [-0.25, -0.2) is 0 Å². The number of hydrogen-bond acceptors (Lipinski definition) is 3. The summed E-state index contributed by atoms with van der Waals surface area (Å²) >= 11 is 0. The van der Waals surface area contributed by atoms with Gasteiger partial charge in [-0.05, 0) is 31.1 Å². The molecule has 1 atom stereocenters. The average molecular weight is 289 g/mol. The van der Waals surface area contributed by atoms with E-state index in [9.17, 15) is 4.79 Å². The van der Waals surface area contributed by atoms with Gasteiger partial charge in [-0.15, -0.1) is 0 Å². The lowest BCUT2D eigenvalue weighted by Crippen LogP contribution is -2.35. The van der Waals surface area contributed by atoms with Crippen LogP contribution < -0.4 is 10.6 Å². The predicted molar refractivity (Wildman–Crippen MR) is 87.7 cm³/mol. The zero-order chi connectivity index (χ0) is 15.1. The van der Waals surface area contributed by atoms with Gasteiger partial charge in [0.2, 0.25) is 5.91 Å². The van der Waals surface area contributed by atoms with E-state index in [2.05, 4.69) is 41.5 Å². The molecule has 21 heavy (non-hydrogen) atoms. The highest BCUT2D eigenvalue weighted by atomic mass is 16.1. The standard InChI is InChI=1S/C17H27N3O/c1-3-10-20(4-2)11-9-18-17(21)12-14-13-19-16-8-6-5-7-15(14)16/h5-8,14,19H,3-4,9-13H2,1-2H3,(H,18,21). The molecule has 1 heterocycles. The Bertz CT molecular complexity index is 461. The molecular formula is C17H27N3O. The highest BCUT2D eigenvalue weighted by molar-refractivity contribution is 5.78. The van der Waals surface area contributed by atoms with Crippen LogP contribution in [0.1, 0.15) is 38.2 Å². The molecule has 1 unspecified atom stereocenters. The predicted octanol–water partition coefficient (Wildman–Crippen LogP) is 2.43. The Morgan fingerprint density at radius 1 is 1.33 bits per heavy atom. The Morgan fingerprint density at radius 3 is 2.90 bits per heavy atom. The molecule has 0 spiro atoms. The summed E-state index contributed by atoms with van der Waals surface area (Å²) in [7, 11) is 0. The second-order valence-corrected chi connectivity index (χ2v) is 5.65. The van der Waals surface area contributed by atoms with Gasteiger partial charge in [0.15, 0.2) is 0 Å². The molecule has 1 aromatic carbocycles. The fourth-order valence-electron chi connectivity index (χ4n) is 2.93. The summed E-state index contributed by atoms with van der Waals surface area (Å²) < 4.78 is 0. The van der Waals surface area contributed by atoms with Crippen LogP contribution in [0.15, 0.2) is 24.3 Å². The van der Waals surface area contributed by atoms with E-state index >= 15 is 0 Å². The van der Waals surface area contributed by atoms with Crippen molar-refractivity contribution in [3.63, 3.8) is 0 Å². The summed E-state index contributed by atoms with van der Waals surface area (Å²) in [6.45, 7) is 9.05. The number of nitrogens with one attached hydrogen (secondary N) is 2. The maximum Gasteiger partial charge on any atom is 0.220 e. The molecule has 1 aliphatic heterocycles. The van der Waals surface area contributed by atoms with Crippen LogP contribution in [-0.4, -0.2) is 43.5 Å². The molecule has 4 nitrogen and oxygen atoms in total. The van der Waals surface area contributed by atoms with E-state index in [4.69, 9.17) is 0 Å². The van der Waals surface area contributed by atoms with Crippen molar-refractivity contribution in [3.8, 4) is 0 Å². The molecule has 1 amide bonds. The summed E-state index contributed by atoms with van der Waals surface area (Å²) in [4.78, 5) is 14.4. The summed E-state index contributed by atoms with van der Waals surface area (Å²) in [5.41, 5.74) is 2.45. The number of hydrogen-bond donors (Lipinski definition) is 2. The first kappa shape index (κ1) is 15.8. The number of carbonyl (C=O) groups is 1. The number of fused-ring (bicyclic) bond motifs is 1. The molecule has 0 radical (unpaired) electrons. The highest BCUT2D eigenvalue weighted by Gasteiger charge is 2.23. The van der Waals surface area contributed by atoms with Crippen molar-refractivity contribution >= 4 is 11.6 Å². The number of carbonyl (C=O) groups excluding carboxylic acids is 1. The molecule has 1 aliphatic rings. The number of anilines is 1. The van der Waals surface area contributed by atoms with Gasteiger partial charge < -0.3 is 15.5 Å². The van der Waals surface area contributed by atoms with E-state index < -0.39 is 0 Å². The van der Waals surface area contributed by atoms with Crippen LogP contribution in [0, 0.1) is 0 Å². The third kappa shape index (κ3) is 4.46. The van der Waals surface area contributed by atoms with Crippen molar-refractivity contribution in [3.05, 3.63) is 29.8 Å². The number of para-hydroxylation sites is 1. The topological polar surface area (TPSA) is 44.4 Å². The molecule has 0 bridgehead atoms.